The average Bonchev–Trinajstić information content (AvgIpc) is 2.84. The highest BCUT2D eigenvalue weighted by molar-refractivity contribution is 6.35. The lowest BCUT2D eigenvalue weighted by Crippen LogP contribution is -2.11. The molecule has 0 saturated heterocycles. The molecule has 2 rings (SSSR count). The van der Waals surface area contributed by atoms with Crippen LogP contribution >= 0.6 is 23.2 Å². The maximum Gasteiger partial charge on any atom is 0.360 e. The van der Waals surface area contributed by atoms with E-state index in [-0.39, 0.29) is 12.3 Å². The van der Waals surface area contributed by atoms with Crippen LogP contribution in [0.5, 0.6) is 0 Å². The van der Waals surface area contributed by atoms with E-state index in [1.807, 2.05) is 0 Å². The fraction of sp³-hybridized carbons (Fsp3) is 0.308. The van der Waals surface area contributed by atoms with Gasteiger partial charge in [-0.25, -0.2) is 9.48 Å². The first-order valence-electron chi connectivity index (χ1n) is 6.00. The number of hydrogen-bond acceptors (Lipinski definition) is 5. The van der Waals surface area contributed by atoms with Gasteiger partial charge in [-0.1, -0.05) is 34.5 Å². The van der Waals surface area contributed by atoms with Gasteiger partial charge in [-0.15, -0.1) is 5.10 Å². The van der Waals surface area contributed by atoms with E-state index in [2.05, 4.69) is 15.0 Å². The Hall–Kier alpha value is -1.63. The summed E-state index contributed by atoms with van der Waals surface area (Å²) in [6.07, 6.45) is 0. The Bertz CT molecular complexity index is 658. The molecule has 0 saturated carbocycles. The normalized spacial score (nSPS) is 10.7. The summed E-state index contributed by atoms with van der Waals surface area (Å²) in [7, 11) is 2.81. The smallest absolute Gasteiger partial charge is 0.360 e. The molecular formula is C13H13Cl2N3O3. The predicted molar refractivity (Wildman–Crippen MR) is 77.6 cm³/mol. The molecular weight excluding hydrogens is 317 g/mol. The van der Waals surface area contributed by atoms with Crippen LogP contribution in [-0.2, 0) is 22.6 Å². The molecule has 0 amide bonds. The number of hydrogen-bond donors (Lipinski definition) is 0. The van der Waals surface area contributed by atoms with Gasteiger partial charge < -0.3 is 9.47 Å². The number of benzene rings is 1. The molecule has 0 N–H and O–H groups in total. The van der Waals surface area contributed by atoms with Gasteiger partial charge in [-0.05, 0) is 17.7 Å². The third-order valence-corrected chi connectivity index (χ3v) is 3.42. The number of carbonyl (C=O) groups excluding carboxylic acids is 1. The van der Waals surface area contributed by atoms with Crippen molar-refractivity contribution >= 4 is 29.2 Å². The average molecular weight is 330 g/mol. The topological polar surface area (TPSA) is 66.2 Å². The van der Waals surface area contributed by atoms with E-state index in [0.29, 0.717) is 22.3 Å². The van der Waals surface area contributed by atoms with Gasteiger partial charge in [-0.3, -0.25) is 0 Å². The Morgan fingerprint density at radius 1 is 1.33 bits per heavy atom. The standard InChI is InChI=1S/C13H13Cl2N3O3/c1-20-7-11-12(13(19)21-2)16-17-18(11)6-8-3-4-9(14)5-10(8)15/h3-5H,6-7H2,1-2H3. The van der Waals surface area contributed by atoms with Crippen molar-refractivity contribution < 1.29 is 14.3 Å². The van der Waals surface area contributed by atoms with Crippen molar-refractivity contribution in [3.05, 3.63) is 45.2 Å². The van der Waals surface area contributed by atoms with E-state index >= 15 is 0 Å². The molecule has 0 aliphatic heterocycles. The minimum atomic E-state index is -0.560. The van der Waals surface area contributed by atoms with E-state index in [1.54, 1.807) is 22.9 Å². The van der Waals surface area contributed by atoms with Gasteiger partial charge in [0.05, 0.1) is 26.0 Å². The highest BCUT2D eigenvalue weighted by Crippen LogP contribution is 2.22. The van der Waals surface area contributed by atoms with Gasteiger partial charge in [-0.2, -0.15) is 0 Å². The van der Waals surface area contributed by atoms with Gasteiger partial charge in [0.2, 0.25) is 0 Å². The molecule has 0 atom stereocenters. The largest absolute Gasteiger partial charge is 0.464 e. The summed E-state index contributed by atoms with van der Waals surface area (Å²) in [5.74, 6) is -0.560. The van der Waals surface area contributed by atoms with Gasteiger partial charge in [0.15, 0.2) is 5.69 Å². The number of esters is 1. The van der Waals surface area contributed by atoms with Crippen molar-refractivity contribution in [3.8, 4) is 0 Å². The molecule has 21 heavy (non-hydrogen) atoms. The fourth-order valence-electron chi connectivity index (χ4n) is 1.81. The summed E-state index contributed by atoms with van der Waals surface area (Å²) in [6.45, 7) is 0.529. The molecule has 0 radical (unpaired) electrons. The van der Waals surface area contributed by atoms with E-state index in [4.69, 9.17) is 27.9 Å². The second-order valence-electron chi connectivity index (χ2n) is 4.20. The van der Waals surface area contributed by atoms with Crippen molar-refractivity contribution in [3.63, 3.8) is 0 Å². The van der Waals surface area contributed by atoms with Crippen LogP contribution in [0.2, 0.25) is 10.0 Å². The summed E-state index contributed by atoms with van der Waals surface area (Å²) in [5.41, 5.74) is 1.46. The minimum absolute atomic E-state index is 0.129. The SMILES string of the molecule is COCc1c(C(=O)OC)nnn1Cc1ccc(Cl)cc1Cl. The van der Waals surface area contributed by atoms with Crippen molar-refractivity contribution in [2.75, 3.05) is 14.2 Å². The number of carbonyl (C=O) groups is 1. The van der Waals surface area contributed by atoms with Crippen LogP contribution < -0.4 is 0 Å². The van der Waals surface area contributed by atoms with Crippen LogP contribution in [0.15, 0.2) is 18.2 Å². The van der Waals surface area contributed by atoms with Crippen LogP contribution in [0.25, 0.3) is 0 Å². The number of aromatic nitrogens is 3. The molecule has 0 bridgehead atoms. The van der Waals surface area contributed by atoms with Crippen molar-refractivity contribution in [1.29, 1.82) is 0 Å². The third kappa shape index (κ3) is 3.53. The molecule has 1 aromatic heterocycles. The van der Waals surface area contributed by atoms with Gasteiger partial charge in [0.25, 0.3) is 0 Å². The number of nitrogens with zero attached hydrogens (tertiary/aromatic N) is 3. The monoisotopic (exact) mass is 329 g/mol. The van der Waals surface area contributed by atoms with Gasteiger partial charge in [0, 0.05) is 17.2 Å². The van der Waals surface area contributed by atoms with Crippen LogP contribution in [0, 0.1) is 0 Å². The Kier molecular flexibility index (Phi) is 5.17. The minimum Gasteiger partial charge on any atom is -0.464 e. The number of rotatable bonds is 5. The fourth-order valence-corrected chi connectivity index (χ4v) is 2.27. The quantitative estimate of drug-likeness (QED) is 0.788. The second kappa shape index (κ2) is 6.89. The number of methoxy groups -OCH3 is 2. The molecule has 0 spiro atoms. The van der Waals surface area contributed by atoms with Crippen molar-refractivity contribution in [2.24, 2.45) is 0 Å². The third-order valence-electron chi connectivity index (χ3n) is 2.83. The molecule has 6 nitrogen and oxygen atoms in total. The van der Waals surface area contributed by atoms with Crippen molar-refractivity contribution in [1.82, 2.24) is 15.0 Å². The molecule has 112 valence electrons. The van der Waals surface area contributed by atoms with Crippen LogP contribution in [0.3, 0.4) is 0 Å². The molecule has 0 aliphatic rings. The van der Waals surface area contributed by atoms with Crippen LogP contribution in [-0.4, -0.2) is 35.2 Å². The summed E-state index contributed by atoms with van der Waals surface area (Å²) in [6, 6.07) is 5.17. The molecule has 1 aromatic carbocycles. The summed E-state index contributed by atoms with van der Waals surface area (Å²) in [5, 5.41) is 8.86. The first kappa shape index (κ1) is 15.8. The Morgan fingerprint density at radius 3 is 2.71 bits per heavy atom. The molecule has 1 heterocycles. The second-order valence-corrected chi connectivity index (χ2v) is 5.05. The zero-order chi connectivity index (χ0) is 15.4. The lowest BCUT2D eigenvalue weighted by molar-refractivity contribution is 0.0588. The van der Waals surface area contributed by atoms with Gasteiger partial charge >= 0.3 is 5.97 Å². The van der Waals surface area contributed by atoms with Crippen LogP contribution in [0.1, 0.15) is 21.7 Å². The van der Waals surface area contributed by atoms with E-state index < -0.39 is 5.97 Å². The number of halogens is 2. The van der Waals surface area contributed by atoms with Crippen LogP contribution in [0.4, 0.5) is 0 Å². The van der Waals surface area contributed by atoms with E-state index in [1.165, 1.54) is 14.2 Å². The molecule has 2 aromatic rings. The highest BCUT2D eigenvalue weighted by Gasteiger charge is 2.20. The van der Waals surface area contributed by atoms with E-state index in [9.17, 15) is 4.79 Å². The van der Waals surface area contributed by atoms with E-state index in [0.717, 1.165) is 5.56 Å². The lowest BCUT2D eigenvalue weighted by atomic mass is 10.2. The summed E-state index contributed by atoms with van der Waals surface area (Å²) < 4.78 is 11.3. The summed E-state index contributed by atoms with van der Waals surface area (Å²) >= 11 is 12.0. The first-order chi connectivity index (χ1) is 10.1. The Balaban J connectivity index is 2.35. The number of ether oxygens (including phenoxy) is 2. The highest BCUT2D eigenvalue weighted by atomic mass is 35.5. The zero-order valence-corrected chi connectivity index (χ0v) is 13.0. The molecule has 0 aliphatic carbocycles. The molecule has 0 unspecified atom stereocenters. The maximum atomic E-state index is 11.6. The predicted octanol–water partition coefficient (Wildman–Crippen LogP) is 2.57. The summed E-state index contributed by atoms with van der Waals surface area (Å²) in [4.78, 5) is 11.6. The lowest BCUT2D eigenvalue weighted by Gasteiger charge is -2.08. The maximum absolute atomic E-state index is 11.6. The molecule has 8 heteroatoms. The zero-order valence-electron chi connectivity index (χ0n) is 11.5. The first-order valence-corrected chi connectivity index (χ1v) is 6.76. The Morgan fingerprint density at radius 2 is 2.10 bits per heavy atom. The van der Waals surface area contributed by atoms with Gasteiger partial charge in [0.1, 0.15) is 0 Å². The molecule has 0 fully saturated rings. The Labute approximate surface area is 131 Å². The van der Waals surface area contributed by atoms with Crippen molar-refractivity contribution in [2.45, 2.75) is 13.2 Å².